The van der Waals surface area contributed by atoms with E-state index in [0.717, 1.165) is 25.4 Å². The molecule has 0 spiro atoms. The number of piperidine rings is 1. The molecule has 1 aliphatic heterocycles. The van der Waals surface area contributed by atoms with E-state index in [-0.39, 0.29) is 6.03 Å². The molecule has 1 aliphatic carbocycles. The number of hydrogen-bond donors (Lipinski definition) is 1. The summed E-state index contributed by atoms with van der Waals surface area (Å²) in [6.07, 6.45) is 7.46. The molecule has 2 aromatic rings. The van der Waals surface area contributed by atoms with Crippen molar-refractivity contribution in [1.29, 1.82) is 0 Å². The van der Waals surface area contributed by atoms with Crippen molar-refractivity contribution in [3.05, 3.63) is 59.3 Å². The van der Waals surface area contributed by atoms with Crippen molar-refractivity contribution in [3.8, 4) is 0 Å². The Hall–Kier alpha value is -2.69. The van der Waals surface area contributed by atoms with Gasteiger partial charge in [-0.1, -0.05) is 42.8 Å². The topological polar surface area (TPSA) is 58.1 Å². The lowest BCUT2D eigenvalue weighted by molar-refractivity contribution is 0.197. The van der Waals surface area contributed by atoms with Gasteiger partial charge < -0.3 is 4.90 Å². The number of nitrogens with one attached hydrogen (secondary N) is 1. The van der Waals surface area contributed by atoms with E-state index in [0.29, 0.717) is 11.7 Å². The van der Waals surface area contributed by atoms with Gasteiger partial charge in [0.15, 0.2) is 5.82 Å². The fourth-order valence-electron chi connectivity index (χ4n) is 3.54. The molecule has 1 atom stereocenters. The summed E-state index contributed by atoms with van der Waals surface area (Å²) in [5, 5.41) is 10.5. The molecule has 1 saturated heterocycles. The second kappa shape index (κ2) is 7.28. The number of amides is 2. The third-order valence-electron chi connectivity index (χ3n) is 5.20. The van der Waals surface area contributed by atoms with E-state index >= 15 is 0 Å². The van der Waals surface area contributed by atoms with E-state index in [1.54, 1.807) is 18.3 Å². The summed E-state index contributed by atoms with van der Waals surface area (Å²) in [4.78, 5) is 14.3. The summed E-state index contributed by atoms with van der Waals surface area (Å²) in [5.74, 6) is 1.61. The molecule has 5 nitrogen and oxygen atoms in total. The predicted octanol–water partition coefficient (Wildman–Crippen LogP) is 4.31. The highest BCUT2D eigenvalue weighted by Gasteiger charge is 2.25. The van der Waals surface area contributed by atoms with Crippen LogP contribution in [0.5, 0.6) is 0 Å². The molecule has 1 saturated carbocycles. The number of urea groups is 1. The molecule has 26 heavy (non-hydrogen) atoms. The van der Waals surface area contributed by atoms with E-state index in [9.17, 15) is 4.79 Å². The highest BCUT2D eigenvalue weighted by molar-refractivity contribution is 5.88. The zero-order valence-electron chi connectivity index (χ0n) is 15.1. The second-order valence-corrected chi connectivity index (χ2v) is 7.30. The first-order valence-corrected chi connectivity index (χ1v) is 9.33. The van der Waals surface area contributed by atoms with Crippen LogP contribution in [0.3, 0.4) is 0 Å². The van der Waals surface area contributed by atoms with Gasteiger partial charge >= 0.3 is 6.03 Å². The molecule has 0 bridgehead atoms. The van der Waals surface area contributed by atoms with Crippen LogP contribution in [-0.4, -0.2) is 34.2 Å². The van der Waals surface area contributed by atoms with Crippen molar-refractivity contribution in [3.63, 3.8) is 0 Å². The van der Waals surface area contributed by atoms with E-state index in [1.807, 2.05) is 4.90 Å². The van der Waals surface area contributed by atoms with Crippen LogP contribution >= 0.6 is 0 Å². The molecular weight excluding hydrogens is 324 g/mol. The molecule has 1 aromatic heterocycles. The van der Waals surface area contributed by atoms with Gasteiger partial charge in [0.05, 0.1) is 0 Å². The summed E-state index contributed by atoms with van der Waals surface area (Å²) in [6.45, 7) is 3.64. The monoisotopic (exact) mass is 348 g/mol. The molecule has 1 aromatic carbocycles. The fourth-order valence-corrected chi connectivity index (χ4v) is 3.54. The van der Waals surface area contributed by atoms with Gasteiger partial charge in [-0.2, -0.15) is 5.10 Å². The number of rotatable bonds is 3. The standard InChI is InChI=1S/C21H24N4O/c1-15-14-25(21(26)23-20-6-3-10-22-24-20)11-9-18(15)12-16-4-2-5-19(13-16)17-7-8-17/h2-6,10,12-13,15,17H,7-9,11,14H2,1H3,(H,23,24,26)/b18-12+. The zero-order chi connectivity index (χ0) is 17.9. The number of nitrogens with zero attached hydrogens (tertiary/aromatic N) is 3. The van der Waals surface area contributed by atoms with Crippen LogP contribution < -0.4 is 5.32 Å². The quantitative estimate of drug-likeness (QED) is 0.899. The molecule has 5 heteroatoms. The Bertz CT molecular complexity index is 814. The summed E-state index contributed by atoms with van der Waals surface area (Å²) in [5.41, 5.74) is 4.17. The van der Waals surface area contributed by atoms with Crippen LogP contribution in [0.25, 0.3) is 6.08 Å². The van der Waals surface area contributed by atoms with Gasteiger partial charge in [0.25, 0.3) is 0 Å². The van der Waals surface area contributed by atoms with E-state index in [2.05, 4.69) is 52.8 Å². The van der Waals surface area contributed by atoms with Gasteiger partial charge in [0.2, 0.25) is 0 Å². The third kappa shape index (κ3) is 3.93. The maximum absolute atomic E-state index is 12.4. The number of hydrogen-bond acceptors (Lipinski definition) is 3. The first kappa shape index (κ1) is 16.8. The molecule has 2 aliphatic rings. The first-order chi connectivity index (χ1) is 12.7. The zero-order valence-corrected chi connectivity index (χ0v) is 15.1. The number of aromatic nitrogens is 2. The maximum atomic E-state index is 12.4. The van der Waals surface area contributed by atoms with Crippen LogP contribution in [0, 0.1) is 5.92 Å². The Balaban J connectivity index is 1.40. The minimum atomic E-state index is -0.105. The molecule has 2 amide bonds. The van der Waals surface area contributed by atoms with Crippen LogP contribution in [0.2, 0.25) is 0 Å². The van der Waals surface area contributed by atoms with Crippen LogP contribution in [0.1, 0.15) is 43.2 Å². The minimum absolute atomic E-state index is 0.105. The predicted molar refractivity (Wildman–Crippen MR) is 103 cm³/mol. The van der Waals surface area contributed by atoms with Crippen molar-refractivity contribution >= 4 is 17.9 Å². The molecule has 2 heterocycles. The molecular formula is C21H24N4O. The Labute approximate surface area is 154 Å². The lowest BCUT2D eigenvalue weighted by Gasteiger charge is -2.33. The van der Waals surface area contributed by atoms with Crippen LogP contribution in [0.4, 0.5) is 10.6 Å². The minimum Gasteiger partial charge on any atom is -0.324 e. The fraction of sp³-hybridized carbons (Fsp3) is 0.381. The smallest absolute Gasteiger partial charge is 0.323 e. The normalized spacial score (nSPS) is 21.7. The number of anilines is 1. The average Bonchev–Trinajstić information content (AvgIpc) is 3.50. The van der Waals surface area contributed by atoms with Crippen molar-refractivity contribution in [2.45, 2.75) is 32.1 Å². The Morgan fingerprint density at radius 1 is 1.27 bits per heavy atom. The van der Waals surface area contributed by atoms with Crippen LogP contribution in [-0.2, 0) is 0 Å². The van der Waals surface area contributed by atoms with Crippen molar-refractivity contribution < 1.29 is 4.79 Å². The van der Waals surface area contributed by atoms with E-state index in [4.69, 9.17) is 0 Å². The summed E-state index contributed by atoms with van der Waals surface area (Å²) < 4.78 is 0. The summed E-state index contributed by atoms with van der Waals surface area (Å²) >= 11 is 0. The lowest BCUT2D eigenvalue weighted by atomic mass is 9.91. The van der Waals surface area contributed by atoms with E-state index < -0.39 is 0 Å². The molecule has 1 unspecified atom stereocenters. The number of carbonyl (C=O) groups excluding carboxylic acids is 1. The first-order valence-electron chi connectivity index (χ1n) is 9.33. The van der Waals surface area contributed by atoms with Crippen molar-refractivity contribution in [2.75, 3.05) is 18.4 Å². The molecule has 2 fully saturated rings. The van der Waals surface area contributed by atoms with Crippen LogP contribution in [0.15, 0.2) is 48.2 Å². The largest absolute Gasteiger partial charge is 0.324 e. The van der Waals surface area contributed by atoms with Gasteiger partial charge in [-0.15, -0.1) is 5.10 Å². The van der Waals surface area contributed by atoms with Gasteiger partial charge in [-0.3, -0.25) is 5.32 Å². The Morgan fingerprint density at radius 2 is 2.15 bits per heavy atom. The second-order valence-electron chi connectivity index (χ2n) is 7.30. The lowest BCUT2D eigenvalue weighted by Crippen LogP contribution is -2.42. The average molecular weight is 348 g/mol. The SMILES string of the molecule is CC1CN(C(=O)Nc2cccnn2)CC/C1=C\c1cccc(C2CC2)c1. The highest BCUT2D eigenvalue weighted by Crippen LogP contribution is 2.40. The molecule has 0 radical (unpaired) electrons. The molecule has 134 valence electrons. The maximum Gasteiger partial charge on any atom is 0.323 e. The Kier molecular flexibility index (Phi) is 4.69. The van der Waals surface area contributed by atoms with Crippen molar-refractivity contribution in [2.24, 2.45) is 5.92 Å². The number of carbonyl (C=O) groups is 1. The summed E-state index contributed by atoms with van der Waals surface area (Å²) in [6, 6.07) is 12.3. The van der Waals surface area contributed by atoms with Gasteiger partial charge in [0, 0.05) is 19.3 Å². The third-order valence-corrected chi connectivity index (χ3v) is 5.20. The number of benzene rings is 1. The molecule has 4 rings (SSSR count). The van der Waals surface area contributed by atoms with Crippen molar-refractivity contribution in [1.82, 2.24) is 15.1 Å². The van der Waals surface area contributed by atoms with Gasteiger partial charge in [0.1, 0.15) is 0 Å². The van der Waals surface area contributed by atoms with Gasteiger partial charge in [-0.05, 0) is 54.4 Å². The van der Waals surface area contributed by atoms with Gasteiger partial charge in [-0.25, -0.2) is 4.79 Å². The van der Waals surface area contributed by atoms with E-state index in [1.165, 1.54) is 29.5 Å². The number of likely N-dealkylation sites (tertiary alicyclic amines) is 1. The highest BCUT2D eigenvalue weighted by atomic mass is 16.2. The summed E-state index contributed by atoms with van der Waals surface area (Å²) in [7, 11) is 0. The Morgan fingerprint density at radius 3 is 2.88 bits per heavy atom. The molecule has 1 N–H and O–H groups in total.